The summed E-state index contributed by atoms with van der Waals surface area (Å²) < 4.78 is 11.6. The zero-order valence-electron chi connectivity index (χ0n) is 18.2. The van der Waals surface area contributed by atoms with Gasteiger partial charge in [-0.2, -0.15) is 5.26 Å². The van der Waals surface area contributed by atoms with Crippen molar-refractivity contribution in [2.45, 2.75) is 13.8 Å². The smallest absolute Gasteiger partial charge is 0.266 e. The first-order valence-electron chi connectivity index (χ1n) is 10.2. The zero-order valence-corrected chi connectivity index (χ0v) is 19.7. The average Bonchev–Trinajstić information content (AvgIpc) is 2.76. The number of carbonyl (C=O) groups is 1. The van der Waals surface area contributed by atoms with Crippen LogP contribution in [0.3, 0.4) is 0 Å². The number of nitrogens with one attached hydrogen (secondary N) is 1. The lowest BCUT2D eigenvalue weighted by Crippen LogP contribution is -2.13. The minimum atomic E-state index is -0.552. The van der Waals surface area contributed by atoms with Gasteiger partial charge in [0, 0.05) is 16.3 Å². The molecule has 0 aromatic heterocycles. The monoisotopic (exact) mass is 480 g/mol. The number of nitriles is 1. The van der Waals surface area contributed by atoms with Crippen LogP contribution in [-0.2, 0) is 4.79 Å². The van der Waals surface area contributed by atoms with Crippen molar-refractivity contribution in [1.29, 1.82) is 5.26 Å². The lowest BCUT2D eigenvalue weighted by atomic mass is 10.1. The van der Waals surface area contributed by atoms with E-state index >= 15 is 0 Å². The summed E-state index contributed by atoms with van der Waals surface area (Å²) >= 11 is 12.5. The summed E-state index contributed by atoms with van der Waals surface area (Å²) in [4.78, 5) is 12.6. The molecule has 33 heavy (non-hydrogen) atoms. The second-order valence-corrected chi connectivity index (χ2v) is 8.16. The van der Waals surface area contributed by atoms with Crippen LogP contribution in [0.15, 0.2) is 66.2 Å². The minimum absolute atomic E-state index is 0.117. The van der Waals surface area contributed by atoms with Gasteiger partial charge in [0.15, 0.2) is 0 Å². The van der Waals surface area contributed by atoms with Crippen molar-refractivity contribution < 1.29 is 14.3 Å². The maximum Gasteiger partial charge on any atom is 0.266 e. The van der Waals surface area contributed by atoms with Crippen LogP contribution in [0.5, 0.6) is 11.5 Å². The van der Waals surface area contributed by atoms with Gasteiger partial charge in [0.25, 0.3) is 5.91 Å². The molecular weight excluding hydrogens is 459 g/mol. The van der Waals surface area contributed by atoms with Crippen molar-refractivity contribution in [3.63, 3.8) is 0 Å². The lowest BCUT2D eigenvalue weighted by Gasteiger charge is -2.13. The summed E-state index contributed by atoms with van der Waals surface area (Å²) in [6.45, 7) is 4.49. The van der Waals surface area contributed by atoms with E-state index in [-0.39, 0.29) is 23.8 Å². The molecule has 0 spiro atoms. The van der Waals surface area contributed by atoms with E-state index in [4.69, 9.17) is 32.7 Å². The van der Waals surface area contributed by atoms with Crippen molar-refractivity contribution in [1.82, 2.24) is 0 Å². The maximum absolute atomic E-state index is 12.6. The third-order valence-corrected chi connectivity index (χ3v) is 5.03. The van der Waals surface area contributed by atoms with Crippen LogP contribution in [0.25, 0.3) is 6.08 Å². The number of carbonyl (C=O) groups excluding carboxylic acids is 1. The Morgan fingerprint density at radius 2 is 1.67 bits per heavy atom. The van der Waals surface area contributed by atoms with Crippen molar-refractivity contribution in [3.8, 4) is 17.6 Å². The number of hydrogen-bond donors (Lipinski definition) is 1. The Morgan fingerprint density at radius 1 is 1.00 bits per heavy atom. The van der Waals surface area contributed by atoms with E-state index < -0.39 is 5.91 Å². The molecular formula is C26H22Cl2N2O3. The highest BCUT2D eigenvalue weighted by Crippen LogP contribution is 2.34. The fourth-order valence-electron chi connectivity index (χ4n) is 3.18. The number of halogens is 2. The molecule has 0 aliphatic rings. The molecule has 3 aromatic rings. The van der Waals surface area contributed by atoms with E-state index in [0.29, 0.717) is 22.0 Å². The van der Waals surface area contributed by atoms with Gasteiger partial charge >= 0.3 is 0 Å². The molecule has 3 rings (SSSR count). The Hall–Kier alpha value is -3.46. The second-order valence-electron chi connectivity index (χ2n) is 7.32. The van der Waals surface area contributed by atoms with E-state index in [2.05, 4.69) is 11.4 Å². The standard InChI is InChI=1S/C26H22Cl2N2O3/c1-17-10-18(2)12-23(11-17)32-8-9-33-25-19(14-21(27)15-24(25)28)13-20(16-29)26(31)30-22-6-4-3-5-7-22/h3-7,10-15H,8-9H2,1-2H3,(H,30,31). The van der Waals surface area contributed by atoms with E-state index in [1.54, 1.807) is 30.3 Å². The molecule has 0 heterocycles. The molecule has 5 nitrogen and oxygen atoms in total. The summed E-state index contributed by atoms with van der Waals surface area (Å²) in [6, 6.07) is 19.9. The number of ether oxygens (including phenoxy) is 2. The van der Waals surface area contributed by atoms with Crippen molar-refractivity contribution >= 4 is 40.9 Å². The van der Waals surface area contributed by atoms with Gasteiger partial charge < -0.3 is 14.8 Å². The second kappa shape index (κ2) is 11.4. The summed E-state index contributed by atoms with van der Waals surface area (Å²) in [5.74, 6) is 0.511. The van der Waals surface area contributed by atoms with Gasteiger partial charge in [0.05, 0.1) is 5.02 Å². The molecule has 7 heteroatoms. The Morgan fingerprint density at radius 3 is 2.33 bits per heavy atom. The van der Waals surface area contributed by atoms with E-state index in [9.17, 15) is 10.1 Å². The van der Waals surface area contributed by atoms with Crippen molar-refractivity contribution in [2.24, 2.45) is 0 Å². The number of benzene rings is 3. The predicted molar refractivity (Wildman–Crippen MR) is 132 cm³/mol. The molecule has 0 fully saturated rings. The first-order chi connectivity index (χ1) is 15.9. The van der Waals surface area contributed by atoms with Gasteiger partial charge in [0.2, 0.25) is 0 Å². The molecule has 0 unspecified atom stereocenters. The number of para-hydroxylation sites is 1. The number of nitrogens with zero attached hydrogens (tertiary/aromatic N) is 1. The SMILES string of the molecule is Cc1cc(C)cc(OCCOc2c(Cl)cc(Cl)cc2C=C(C#N)C(=O)Nc2ccccc2)c1. The molecule has 0 aliphatic heterocycles. The first kappa shape index (κ1) is 24.2. The first-order valence-corrected chi connectivity index (χ1v) is 10.9. The minimum Gasteiger partial charge on any atom is -0.490 e. The Bertz CT molecular complexity index is 1200. The average molecular weight is 481 g/mol. The normalized spacial score (nSPS) is 10.9. The third-order valence-electron chi connectivity index (χ3n) is 4.53. The van der Waals surface area contributed by atoms with E-state index in [0.717, 1.165) is 16.9 Å². The molecule has 0 saturated heterocycles. The number of anilines is 1. The molecule has 0 aliphatic carbocycles. The van der Waals surface area contributed by atoms with Crippen molar-refractivity contribution in [3.05, 3.63) is 93.0 Å². The number of hydrogen-bond acceptors (Lipinski definition) is 4. The van der Waals surface area contributed by atoms with Gasteiger partial charge in [-0.3, -0.25) is 4.79 Å². The molecule has 1 amide bonds. The van der Waals surface area contributed by atoms with E-state index in [1.807, 2.05) is 38.1 Å². The number of rotatable bonds is 8. The zero-order chi connectivity index (χ0) is 23.8. The highest BCUT2D eigenvalue weighted by atomic mass is 35.5. The molecule has 0 bridgehead atoms. The molecule has 0 radical (unpaired) electrons. The number of amides is 1. The summed E-state index contributed by atoms with van der Waals surface area (Å²) in [6.07, 6.45) is 1.40. The predicted octanol–water partition coefficient (Wildman–Crippen LogP) is 6.61. The Kier molecular flexibility index (Phi) is 8.37. The highest BCUT2D eigenvalue weighted by Gasteiger charge is 2.14. The van der Waals surface area contributed by atoms with Crippen LogP contribution in [0.1, 0.15) is 16.7 Å². The van der Waals surface area contributed by atoms with Crippen LogP contribution < -0.4 is 14.8 Å². The Balaban J connectivity index is 1.75. The molecule has 168 valence electrons. The quantitative estimate of drug-likeness (QED) is 0.223. The summed E-state index contributed by atoms with van der Waals surface area (Å²) in [7, 11) is 0. The van der Waals surface area contributed by atoms with Gasteiger partial charge in [0.1, 0.15) is 36.4 Å². The van der Waals surface area contributed by atoms with Gasteiger partial charge in [-0.25, -0.2) is 0 Å². The maximum atomic E-state index is 12.6. The Labute approximate surface area is 203 Å². The fraction of sp³-hybridized carbons (Fsp3) is 0.154. The van der Waals surface area contributed by atoms with Crippen LogP contribution >= 0.6 is 23.2 Å². The molecule has 0 atom stereocenters. The summed E-state index contributed by atoms with van der Waals surface area (Å²) in [5.41, 5.74) is 3.09. The molecule has 1 N–H and O–H groups in total. The molecule has 0 saturated carbocycles. The number of aryl methyl sites for hydroxylation is 2. The largest absolute Gasteiger partial charge is 0.490 e. The third kappa shape index (κ3) is 7.01. The van der Waals surface area contributed by atoms with E-state index in [1.165, 1.54) is 12.1 Å². The van der Waals surface area contributed by atoms with Crippen LogP contribution in [0.4, 0.5) is 5.69 Å². The van der Waals surface area contributed by atoms with Crippen molar-refractivity contribution in [2.75, 3.05) is 18.5 Å². The molecule has 3 aromatic carbocycles. The van der Waals surface area contributed by atoms with Crippen LogP contribution in [0.2, 0.25) is 10.0 Å². The fourth-order valence-corrected chi connectivity index (χ4v) is 3.75. The van der Waals surface area contributed by atoms with Gasteiger partial charge in [-0.05, 0) is 67.4 Å². The van der Waals surface area contributed by atoms with Gasteiger partial charge in [-0.15, -0.1) is 0 Å². The lowest BCUT2D eigenvalue weighted by molar-refractivity contribution is -0.112. The van der Waals surface area contributed by atoms with Crippen LogP contribution in [0, 0.1) is 25.2 Å². The highest BCUT2D eigenvalue weighted by molar-refractivity contribution is 6.36. The van der Waals surface area contributed by atoms with Gasteiger partial charge in [-0.1, -0.05) is 47.5 Å². The summed E-state index contributed by atoms with van der Waals surface area (Å²) in [5, 5.41) is 12.8. The van der Waals surface area contributed by atoms with Crippen LogP contribution in [-0.4, -0.2) is 19.1 Å². The topological polar surface area (TPSA) is 71.3 Å².